The topological polar surface area (TPSA) is 25.2 Å². The van der Waals surface area contributed by atoms with Gasteiger partial charge in [-0.05, 0) is 64.4 Å². The summed E-state index contributed by atoms with van der Waals surface area (Å²) in [5.41, 5.74) is 12.0. The van der Waals surface area contributed by atoms with Crippen molar-refractivity contribution < 1.29 is 4.42 Å². The number of allylic oxidation sites excluding steroid dienone is 4. The van der Waals surface area contributed by atoms with Crippen LogP contribution in [0, 0.1) is 0 Å². The molecule has 2 heteroatoms. The number of furan rings is 1. The molecule has 2 aliphatic carbocycles. The summed E-state index contributed by atoms with van der Waals surface area (Å²) < 4.78 is 6.27. The Bertz CT molecular complexity index is 1700. The quantitative estimate of drug-likeness (QED) is 0.272. The van der Waals surface area contributed by atoms with E-state index in [1.165, 1.54) is 49.9 Å². The van der Waals surface area contributed by atoms with Crippen molar-refractivity contribution in [1.82, 2.24) is 0 Å². The first kappa shape index (κ1) is 17.5. The van der Waals surface area contributed by atoms with E-state index in [0.29, 0.717) is 0 Å². The van der Waals surface area contributed by atoms with Crippen molar-refractivity contribution in [3.05, 3.63) is 125 Å². The summed E-state index contributed by atoms with van der Waals surface area (Å²) in [4.78, 5) is 0. The van der Waals surface area contributed by atoms with E-state index in [0.717, 1.165) is 29.7 Å². The standard InChI is InChI=1S/C31H21NO/c1-4-12-23-19(9-1)20-10-2-5-13-24(20)31(23)25-14-6-7-15-27(25)32-28-18-30-22(17-26(28)31)21-11-3-8-16-29(21)33-30/h1,3-4,6-18,32H,2,5H2. The monoisotopic (exact) mass is 423 g/mol. The number of para-hydroxylation sites is 2. The van der Waals surface area contributed by atoms with E-state index in [9.17, 15) is 0 Å². The minimum Gasteiger partial charge on any atom is -0.456 e. The minimum atomic E-state index is -0.327. The third-order valence-electron chi connectivity index (χ3n) is 7.70. The lowest BCUT2D eigenvalue weighted by Crippen LogP contribution is -2.33. The van der Waals surface area contributed by atoms with Crippen LogP contribution in [0.1, 0.15) is 35.1 Å². The van der Waals surface area contributed by atoms with E-state index >= 15 is 0 Å². The summed E-state index contributed by atoms with van der Waals surface area (Å²) in [5, 5.41) is 6.10. The van der Waals surface area contributed by atoms with Gasteiger partial charge in [-0.3, -0.25) is 0 Å². The molecular weight excluding hydrogens is 402 g/mol. The molecule has 3 aliphatic rings. The highest BCUT2D eigenvalue weighted by Crippen LogP contribution is 2.63. The summed E-state index contributed by atoms with van der Waals surface area (Å²) in [7, 11) is 0. The number of benzene rings is 4. The van der Waals surface area contributed by atoms with Crippen molar-refractivity contribution in [2.24, 2.45) is 0 Å². The zero-order valence-corrected chi connectivity index (χ0v) is 18.1. The molecule has 8 rings (SSSR count). The van der Waals surface area contributed by atoms with Crippen LogP contribution in [0.5, 0.6) is 0 Å². The molecule has 156 valence electrons. The van der Waals surface area contributed by atoms with E-state index in [-0.39, 0.29) is 5.41 Å². The van der Waals surface area contributed by atoms with E-state index < -0.39 is 0 Å². The van der Waals surface area contributed by atoms with Gasteiger partial charge in [0.15, 0.2) is 0 Å². The van der Waals surface area contributed by atoms with Gasteiger partial charge >= 0.3 is 0 Å². The number of nitrogens with one attached hydrogen (secondary N) is 1. The zero-order chi connectivity index (χ0) is 21.6. The number of rotatable bonds is 0. The van der Waals surface area contributed by atoms with Gasteiger partial charge in [0.05, 0.1) is 5.41 Å². The van der Waals surface area contributed by atoms with Crippen LogP contribution in [-0.4, -0.2) is 0 Å². The Kier molecular flexibility index (Phi) is 3.21. The Morgan fingerprint density at radius 2 is 1.42 bits per heavy atom. The summed E-state index contributed by atoms with van der Waals surface area (Å²) in [6, 6.07) is 30.7. The van der Waals surface area contributed by atoms with Gasteiger partial charge in [-0.15, -0.1) is 0 Å². The SMILES string of the molecule is C1=C2C(=CCC1)C1(c3ccccc3Nc3cc4oc5ccccc5c4cc31)c1ccccc12. The molecule has 1 aliphatic heterocycles. The van der Waals surface area contributed by atoms with Crippen molar-refractivity contribution in [1.29, 1.82) is 0 Å². The smallest absolute Gasteiger partial charge is 0.137 e. The molecule has 1 aromatic heterocycles. The summed E-state index contributed by atoms with van der Waals surface area (Å²) in [6.07, 6.45) is 7.11. The van der Waals surface area contributed by atoms with Gasteiger partial charge in [0.25, 0.3) is 0 Å². The Morgan fingerprint density at radius 1 is 0.636 bits per heavy atom. The highest BCUT2D eigenvalue weighted by Gasteiger charge is 2.52. The van der Waals surface area contributed by atoms with Gasteiger partial charge in [-0.1, -0.05) is 72.8 Å². The van der Waals surface area contributed by atoms with Gasteiger partial charge < -0.3 is 9.73 Å². The van der Waals surface area contributed by atoms with Crippen LogP contribution >= 0.6 is 0 Å². The first-order valence-electron chi connectivity index (χ1n) is 11.7. The zero-order valence-electron chi connectivity index (χ0n) is 18.1. The van der Waals surface area contributed by atoms with Crippen LogP contribution in [0.2, 0.25) is 0 Å². The molecule has 0 bridgehead atoms. The van der Waals surface area contributed by atoms with Crippen LogP contribution < -0.4 is 5.32 Å². The summed E-state index contributed by atoms with van der Waals surface area (Å²) in [5.74, 6) is 0. The third-order valence-corrected chi connectivity index (χ3v) is 7.70. The lowest BCUT2D eigenvalue weighted by atomic mass is 9.64. The van der Waals surface area contributed by atoms with E-state index in [2.05, 4.69) is 96.3 Å². The Hall–Kier alpha value is -4.04. The molecule has 0 saturated carbocycles. The lowest BCUT2D eigenvalue weighted by molar-refractivity contribution is 0.668. The van der Waals surface area contributed by atoms with Crippen molar-refractivity contribution in [3.63, 3.8) is 0 Å². The van der Waals surface area contributed by atoms with Crippen LogP contribution in [0.4, 0.5) is 11.4 Å². The molecular formula is C31H21NO. The van der Waals surface area contributed by atoms with Crippen LogP contribution in [0.25, 0.3) is 27.5 Å². The fourth-order valence-electron chi connectivity index (χ4n) is 6.45. The molecule has 0 radical (unpaired) electrons. The third kappa shape index (κ3) is 2.05. The maximum atomic E-state index is 6.27. The van der Waals surface area contributed by atoms with Gasteiger partial charge in [0.1, 0.15) is 11.2 Å². The molecule has 0 saturated heterocycles. The lowest BCUT2D eigenvalue weighted by Gasteiger charge is -2.41. The maximum Gasteiger partial charge on any atom is 0.137 e. The second-order valence-corrected chi connectivity index (χ2v) is 9.27. The number of fused-ring (bicyclic) bond motifs is 12. The summed E-state index contributed by atoms with van der Waals surface area (Å²) >= 11 is 0. The van der Waals surface area contributed by atoms with Gasteiger partial charge in [0, 0.05) is 28.2 Å². The van der Waals surface area contributed by atoms with Crippen molar-refractivity contribution in [2.45, 2.75) is 18.3 Å². The molecule has 5 aromatic rings. The molecule has 0 amide bonds. The van der Waals surface area contributed by atoms with Crippen LogP contribution in [0.15, 0.2) is 107 Å². The minimum absolute atomic E-state index is 0.327. The maximum absolute atomic E-state index is 6.27. The van der Waals surface area contributed by atoms with Gasteiger partial charge in [-0.2, -0.15) is 0 Å². The van der Waals surface area contributed by atoms with Gasteiger partial charge in [-0.25, -0.2) is 0 Å². The van der Waals surface area contributed by atoms with Gasteiger partial charge in [0.2, 0.25) is 0 Å². The Balaban J connectivity index is 1.58. The fraction of sp³-hybridized carbons (Fsp3) is 0.0968. The van der Waals surface area contributed by atoms with E-state index in [1.54, 1.807) is 0 Å². The molecule has 0 fully saturated rings. The van der Waals surface area contributed by atoms with Crippen molar-refractivity contribution in [3.8, 4) is 0 Å². The first-order valence-corrected chi connectivity index (χ1v) is 11.7. The number of anilines is 2. The highest BCUT2D eigenvalue weighted by atomic mass is 16.3. The molecule has 2 nitrogen and oxygen atoms in total. The van der Waals surface area contributed by atoms with Crippen LogP contribution in [0.3, 0.4) is 0 Å². The summed E-state index contributed by atoms with van der Waals surface area (Å²) in [6.45, 7) is 0. The van der Waals surface area contributed by atoms with Crippen molar-refractivity contribution in [2.75, 3.05) is 5.32 Å². The highest BCUT2D eigenvalue weighted by molar-refractivity contribution is 6.08. The normalized spacial score (nSPS) is 20.0. The Morgan fingerprint density at radius 3 is 2.39 bits per heavy atom. The van der Waals surface area contributed by atoms with Crippen molar-refractivity contribution >= 4 is 38.9 Å². The molecule has 4 aromatic carbocycles. The second kappa shape index (κ2) is 6.05. The second-order valence-electron chi connectivity index (χ2n) is 9.27. The fourth-order valence-corrected chi connectivity index (χ4v) is 6.45. The largest absolute Gasteiger partial charge is 0.456 e. The average Bonchev–Trinajstić information content (AvgIpc) is 3.37. The Labute approximate surface area is 191 Å². The number of hydrogen-bond donors (Lipinski definition) is 1. The van der Waals surface area contributed by atoms with E-state index in [1.807, 2.05) is 6.07 Å². The first-order chi connectivity index (χ1) is 16.4. The number of hydrogen-bond acceptors (Lipinski definition) is 2. The molecule has 1 spiro atoms. The predicted octanol–water partition coefficient (Wildman–Crippen LogP) is 8.09. The molecule has 1 atom stereocenters. The molecule has 2 heterocycles. The molecule has 1 unspecified atom stereocenters. The van der Waals surface area contributed by atoms with Crippen LogP contribution in [-0.2, 0) is 5.41 Å². The molecule has 33 heavy (non-hydrogen) atoms. The molecule has 1 N–H and O–H groups in total. The predicted molar refractivity (Wildman–Crippen MR) is 135 cm³/mol. The average molecular weight is 424 g/mol. The van der Waals surface area contributed by atoms with E-state index in [4.69, 9.17) is 4.42 Å².